The Labute approximate surface area is 208 Å². The highest BCUT2D eigenvalue weighted by Gasteiger charge is 2.38. The number of nitrogens with zero attached hydrogens (tertiary/aromatic N) is 2. The van der Waals surface area contributed by atoms with Gasteiger partial charge in [-0.1, -0.05) is 72.3 Å². The van der Waals surface area contributed by atoms with Crippen molar-refractivity contribution in [3.8, 4) is 5.75 Å². The molecule has 4 nitrogen and oxygen atoms in total. The third kappa shape index (κ3) is 6.85. The minimum Gasteiger partial charge on any atom is -0.493 e. The molecule has 3 aromatic rings. The first-order valence-electron chi connectivity index (χ1n) is 11.9. The number of benzene rings is 3. The van der Waals surface area contributed by atoms with Gasteiger partial charge in [0.25, 0.3) is 0 Å². The van der Waals surface area contributed by atoms with Crippen LogP contribution < -0.4 is 4.74 Å². The van der Waals surface area contributed by atoms with Crippen LogP contribution in [0.25, 0.3) is 0 Å². The second-order valence-corrected chi connectivity index (χ2v) is 9.86. The summed E-state index contributed by atoms with van der Waals surface area (Å²) in [6, 6.07) is 28.1. The lowest BCUT2D eigenvalue weighted by atomic mass is 9.75. The molecule has 1 amide bonds. The van der Waals surface area contributed by atoms with Crippen LogP contribution in [0.2, 0.25) is 5.02 Å². The van der Waals surface area contributed by atoms with Gasteiger partial charge in [-0.2, -0.15) is 0 Å². The molecule has 0 aromatic heterocycles. The predicted octanol–water partition coefficient (Wildman–Crippen LogP) is 6.05. The number of rotatable bonds is 9. The number of hydrogen-bond donors (Lipinski definition) is 0. The summed E-state index contributed by atoms with van der Waals surface area (Å²) in [7, 11) is 1.90. The number of piperidine rings is 1. The van der Waals surface area contributed by atoms with Crippen molar-refractivity contribution in [2.24, 2.45) is 5.41 Å². The van der Waals surface area contributed by atoms with Crippen LogP contribution in [-0.2, 0) is 17.9 Å². The van der Waals surface area contributed by atoms with Crippen LogP contribution in [0.5, 0.6) is 5.75 Å². The molecule has 0 saturated carbocycles. The number of ether oxygens (including phenoxy) is 1. The van der Waals surface area contributed by atoms with Gasteiger partial charge in [-0.05, 0) is 61.3 Å². The Kier molecular flexibility index (Phi) is 8.25. The fourth-order valence-corrected chi connectivity index (χ4v) is 4.82. The van der Waals surface area contributed by atoms with Crippen molar-refractivity contribution in [3.05, 3.63) is 101 Å². The van der Waals surface area contributed by atoms with Gasteiger partial charge in [-0.3, -0.25) is 9.69 Å². The van der Waals surface area contributed by atoms with Gasteiger partial charge >= 0.3 is 0 Å². The molecule has 1 aliphatic heterocycles. The monoisotopic (exact) mass is 476 g/mol. The average molecular weight is 477 g/mol. The van der Waals surface area contributed by atoms with Crippen LogP contribution in [0, 0.1) is 5.41 Å². The van der Waals surface area contributed by atoms with E-state index in [1.807, 2.05) is 78.7 Å². The van der Waals surface area contributed by atoms with E-state index < -0.39 is 0 Å². The first-order chi connectivity index (χ1) is 16.5. The van der Waals surface area contributed by atoms with Crippen molar-refractivity contribution < 1.29 is 9.53 Å². The minimum atomic E-state index is -0.178. The summed E-state index contributed by atoms with van der Waals surface area (Å²) < 4.78 is 6.21. The topological polar surface area (TPSA) is 32.8 Å². The molecular weight excluding hydrogens is 444 g/mol. The first kappa shape index (κ1) is 24.3. The Morgan fingerprint density at radius 1 is 0.941 bits per heavy atom. The number of hydrogen-bond acceptors (Lipinski definition) is 3. The van der Waals surface area contributed by atoms with Gasteiger partial charge in [0.15, 0.2) is 0 Å². The zero-order chi connectivity index (χ0) is 23.8. The van der Waals surface area contributed by atoms with E-state index in [2.05, 4.69) is 23.1 Å². The maximum absolute atomic E-state index is 13.3. The summed E-state index contributed by atoms with van der Waals surface area (Å²) in [5.41, 5.74) is 2.19. The molecular formula is C29H33ClN2O2. The zero-order valence-corrected chi connectivity index (χ0v) is 20.6. The standard InChI is InChI=1S/C29H33ClN2O2/c1-31(21-24-9-4-2-5-10-24)28(33)20-29(23-34-27-13-6-3-7-14-27)15-17-32(18-16-29)22-25-11-8-12-26(30)19-25/h2-14,19H,15-18,20-23H2,1H3. The molecule has 0 bridgehead atoms. The van der Waals surface area contributed by atoms with Crippen LogP contribution >= 0.6 is 11.6 Å². The molecule has 0 radical (unpaired) electrons. The Morgan fingerprint density at radius 2 is 1.59 bits per heavy atom. The van der Waals surface area contributed by atoms with Crippen molar-refractivity contribution in [2.45, 2.75) is 32.4 Å². The zero-order valence-electron chi connectivity index (χ0n) is 19.8. The second kappa shape index (κ2) is 11.5. The number of amides is 1. The molecule has 3 aromatic carbocycles. The van der Waals surface area contributed by atoms with Gasteiger partial charge in [0.1, 0.15) is 5.75 Å². The van der Waals surface area contributed by atoms with E-state index in [1.165, 1.54) is 5.56 Å². The lowest BCUT2D eigenvalue weighted by molar-refractivity contribution is -0.134. The molecule has 0 N–H and O–H groups in total. The van der Waals surface area contributed by atoms with E-state index >= 15 is 0 Å². The van der Waals surface area contributed by atoms with Crippen molar-refractivity contribution in [1.82, 2.24) is 9.80 Å². The largest absolute Gasteiger partial charge is 0.493 e. The Hall–Kier alpha value is -2.82. The van der Waals surface area contributed by atoms with Crippen LogP contribution in [-0.4, -0.2) is 42.5 Å². The summed E-state index contributed by atoms with van der Waals surface area (Å²) in [6.45, 7) is 3.90. The Morgan fingerprint density at radius 3 is 2.26 bits per heavy atom. The third-order valence-electron chi connectivity index (χ3n) is 6.71. The van der Waals surface area contributed by atoms with Crippen LogP contribution in [0.3, 0.4) is 0 Å². The summed E-state index contributed by atoms with van der Waals surface area (Å²) in [6.07, 6.45) is 2.34. The molecule has 1 heterocycles. The highest BCUT2D eigenvalue weighted by atomic mass is 35.5. The Bertz CT molecular complexity index is 1050. The molecule has 178 valence electrons. The lowest BCUT2D eigenvalue weighted by Crippen LogP contribution is -2.45. The van der Waals surface area contributed by atoms with Crippen molar-refractivity contribution >= 4 is 17.5 Å². The molecule has 1 fully saturated rings. The molecule has 4 rings (SSSR count). The van der Waals surface area contributed by atoms with Crippen LogP contribution in [0.15, 0.2) is 84.9 Å². The summed E-state index contributed by atoms with van der Waals surface area (Å²) >= 11 is 6.18. The van der Waals surface area contributed by atoms with Crippen molar-refractivity contribution in [1.29, 1.82) is 0 Å². The van der Waals surface area contributed by atoms with Crippen LogP contribution in [0.4, 0.5) is 0 Å². The summed E-state index contributed by atoms with van der Waals surface area (Å²) in [4.78, 5) is 17.6. The van der Waals surface area contributed by atoms with E-state index in [4.69, 9.17) is 16.3 Å². The number of carbonyl (C=O) groups excluding carboxylic acids is 1. The first-order valence-corrected chi connectivity index (χ1v) is 12.3. The van der Waals surface area contributed by atoms with Gasteiger partial charge in [0.05, 0.1) is 6.61 Å². The molecule has 0 atom stereocenters. The van der Waals surface area contributed by atoms with E-state index in [-0.39, 0.29) is 11.3 Å². The number of halogens is 1. The molecule has 1 aliphatic rings. The quantitative estimate of drug-likeness (QED) is 0.377. The fraction of sp³-hybridized carbons (Fsp3) is 0.345. The summed E-state index contributed by atoms with van der Waals surface area (Å²) in [5, 5.41) is 0.771. The van der Waals surface area contributed by atoms with E-state index in [9.17, 15) is 4.79 Å². The van der Waals surface area contributed by atoms with Crippen molar-refractivity contribution in [2.75, 3.05) is 26.7 Å². The number of carbonyl (C=O) groups is 1. The number of likely N-dealkylation sites (tertiary alicyclic amines) is 1. The lowest BCUT2D eigenvalue weighted by Gasteiger charge is -2.42. The van der Waals surface area contributed by atoms with E-state index in [0.717, 1.165) is 48.8 Å². The van der Waals surface area contributed by atoms with Crippen LogP contribution in [0.1, 0.15) is 30.4 Å². The highest BCUT2D eigenvalue weighted by molar-refractivity contribution is 6.30. The average Bonchev–Trinajstić information content (AvgIpc) is 2.85. The van der Waals surface area contributed by atoms with Gasteiger partial charge in [0, 0.05) is 37.0 Å². The maximum Gasteiger partial charge on any atom is 0.223 e. The van der Waals surface area contributed by atoms with Gasteiger partial charge in [-0.15, -0.1) is 0 Å². The van der Waals surface area contributed by atoms with E-state index in [1.54, 1.807) is 0 Å². The molecule has 0 unspecified atom stereocenters. The van der Waals surface area contributed by atoms with Gasteiger partial charge < -0.3 is 9.64 Å². The van der Waals surface area contributed by atoms with Gasteiger partial charge in [-0.25, -0.2) is 0 Å². The molecule has 34 heavy (non-hydrogen) atoms. The fourth-order valence-electron chi connectivity index (χ4n) is 4.61. The second-order valence-electron chi connectivity index (χ2n) is 9.42. The predicted molar refractivity (Wildman–Crippen MR) is 138 cm³/mol. The molecule has 0 spiro atoms. The third-order valence-corrected chi connectivity index (χ3v) is 6.95. The molecule has 1 saturated heterocycles. The molecule has 0 aliphatic carbocycles. The van der Waals surface area contributed by atoms with E-state index in [0.29, 0.717) is 19.6 Å². The Balaban J connectivity index is 1.41. The number of para-hydroxylation sites is 1. The summed E-state index contributed by atoms with van der Waals surface area (Å²) in [5.74, 6) is 1.03. The van der Waals surface area contributed by atoms with Crippen molar-refractivity contribution in [3.63, 3.8) is 0 Å². The minimum absolute atomic E-state index is 0.170. The SMILES string of the molecule is CN(Cc1ccccc1)C(=O)CC1(COc2ccccc2)CCN(Cc2cccc(Cl)c2)CC1. The normalized spacial score (nSPS) is 15.6. The molecule has 5 heteroatoms. The van der Waals surface area contributed by atoms with Gasteiger partial charge in [0.2, 0.25) is 5.91 Å². The highest BCUT2D eigenvalue weighted by Crippen LogP contribution is 2.37. The smallest absolute Gasteiger partial charge is 0.223 e. The maximum atomic E-state index is 13.3.